The number of anilines is 1. The molecule has 0 saturated carbocycles. The number of hydrogen-bond acceptors (Lipinski definition) is 4. The van der Waals surface area contributed by atoms with Crippen LogP contribution in [0.2, 0.25) is 0 Å². The highest BCUT2D eigenvalue weighted by Crippen LogP contribution is 2.05. The molecule has 1 aromatic rings. The molecule has 0 radical (unpaired) electrons. The molecule has 0 atom stereocenters. The summed E-state index contributed by atoms with van der Waals surface area (Å²) >= 11 is 0. The van der Waals surface area contributed by atoms with Gasteiger partial charge in [-0.3, -0.25) is 4.79 Å². The molecule has 0 bridgehead atoms. The second-order valence-corrected chi connectivity index (χ2v) is 2.98. The van der Waals surface area contributed by atoms with E-state index in [-0.39, 0.29) is 24.8 Å². The molecule has 0 aliphatic rings. The Hall–Kier alpha value is -2.31. The van der Waals surface area contributed by atoms with Crippen molar-refractivity contribution in [2.45, 2.75) is 0 Å². The van der Waals surface area contributed by atoms with Crippen molar-refractivity contribution in [3.05, 3.63) is 23.9 Å². The van der Waals surface area contributed by atoms with E-state index in [1.807, 2.05) is 0 Å². The van der Waals surface area contributed by atoms with Crippen LogP contribution in [0.4, 0.5) is 10.6 Å². The average Bonchev–Trinajstić information content (AvgIpc) is 2.24. The maximum absolute atomic E-state index is 11.5. The fourth-order valence-corrected chi connectivity index (χ4v) is 1.07. The standard InChI is InChI=1S/C9H13N5O2/c10-7-6(2-1-3-12-7)8(15)13-4-5-14-9(11)16/h1-3H,4-5H2,(H2,10,12)(H,13,15)(H3,11,14,16). The molecule has 1 heterocycles. The number of nitrogens with two attached hydrogens (primary N) is 2. The summed E-state index contributed by atoms with van der Waals surface area (Å²) in [5, 5.41) is 4.91. The molecule has 16 heavy (non-hydrogen) atoms. The zero-order chi connectivity index (χ0) is 12.0. The Morgan fingerprint density at radius 1 is 1.31 bits per heavy atom. The van der Waals surface area contributed by atoms with Gasteiger partial charge in [-0.1, -0.05) is 0 Å². The first-order valence-electron chi connectivity index (χ1n) is 4.63. The van der Waals surface area contributed by atoms with Gasteiger partial charge in [-0.25, -0.2) is 9.78 Å². The predicted octanol–water partition coefficient (Wildman–Crippen LogP) is -0.938. The number of urea groups is 1. The summed E-state index contributed by atoms with van der Waals surface area (Å²) in [6, 6.07) is 2.56. The third-order valence-electron chi connectivity index (χ3n) is 1.79. The number of rotatable bonds is 4. The summed E-state index contributed by atoms with van der Waals surface area (Å²) in [7, 11) is 0. The Morgan fingerprint density at radius 2 is 2.00 bits per heavy atom. The third-order valence-corrected chi connectivity index (χ3v) is 1.79. The van der Waals surface area contributed by atoms with Gasteiger partial charge in [0.25, 0.3) is 5.91 Å². The lowest BCUT2D eigenvalue weighted by Gasteiger charge is -2.06. The van der Waals surface area contributed by atoms with Crippen molar-refractivity contribution < 1.29 is 9.59 Å². The fraction of sp³-hybridized carbons (Fsp3) is 0.222. The molecule has 0 unspecified atom stereocenters. The minimum Gasteiger partial charge on any atom is -0.383 e. The fourth-order valence-electron chi connectivity index (χ4n) is 1.07. The van der Waals surface area contributed by atoms with Gasteiger partial charge in [-0.05, 0) is 12.1 Å². The average molecular weight is 223 g/mol. The molecule has 3 amide bonds. The maximum Gasteiger partial charge on any atom is 0.312 e. The lowest BCUT2D eigenvalue weighted by atomic mass is 10.2. The molecule has 86 valence electrons. The lowest BCUT2D eigenvalue weighted by molar-refractivity contribution is 0.0954. The van der Waals surface area contributed by atoms with E-state index in [1.165, 1.54) is 6.20 Å². The Balaban J connectivity index is 2.41. The van der Waals surface area contributed by atoms with Crippen LogP contribution in [0.15, 0.2) is 18.3 Å². The summed E-state index contributed by atoms with van der Waals surface area (Å²) in [6.07, 6.45) is 1.50. The number of pyridine rings is 1. The lowest BCUT2D eigenvalue weighted by Crippen LogP contribution is -2.37. The second-order valence-electron chi connectivity index (χ2n) is 2.98. The minimum absolute atomic E-state index is 0.169. The molecule has 0 aliphatic carbocycles. The van der Waals surface area contributed by atoms with Crippen LogP contribution in [-0.2, 0) is 0 Å². The highest BCUT2D eigenvalue weighted by atomic mass is 16.2. The molecule has 0 aliphatic heterocycles. The molecule has 0 aromatic carbocycles. The van der Waals surface area contributed by atoms with Crippen LogP contribution >= 0.6 is 0 Å². The zero-order valence-electron chi connectivity index (χ0n) is 8.56. The summed E-state index contributed by atoms with van der Waals surface area (Å²) < 4.78 is 0. The molecule has 7 heteroatoms. The van der Waals surface area contributed by atoms with Crippen LogP contribution in [0, 0.1) is 0 Å². The number of carbonyl (C=O) groups excluding carboxylic acids is 2. The van der Waals surface area contributed by atoms with Crippen molar-refractivity contribution in [3.8, 4) is 0 Å². The van der Waals surface area contributed by atoms with Crippen LogP contribution in [0.5, 0.6) is 0 Å². The van der Waals surface area contributed by atoms with Crippen LogP contribution in [0.1, 0.15) is 10.4 Å². The van der Waals surface area contributed by atoms with E-state index < -0.39 is 6.03 Å². The zero-order valence-corrected chi connectivity index (χ0v) is 8.56. The van der Waals surface area contributed by atoms with Gasteiger partial charge in [0.05, 0.1) is 5.56 Å². The van der Waals surface area contributed by atoms with Gasteiger partial charge < -0.3 is 22.1 Å². The van der Waals surface area contributed by atoms with Crippen molar-refractivity contribution in [1.82, 2.24) is 15.6 Å². The van der Waals surface area contributed by atoms with Crippen LogP contribution in [0.3, 0.4) is 0 Å². The molecule has 0 spiro atoms. The van der Waals surface area contributed by atoms with E-state index >= 15 is 0 Å². The van der Waals surface area contributed by atoms with E-state index in [9.17, 15) is 9.59 Å². The molecular weight excluding hydrogens is 210 g/mol. The number of carbonyl (C=O) groups is 2. The minimum atomic E-state index is -0.629. The molecular formula is C9H13N5O2. The van der Waals surface area contributed by atoms with Gasteiger partial charge >= 0.3 is 6.03 Å². The number of primary amides is 1. The van der Waals surface area contributed by atoms with Gasteiger partial charge in [0.2, 0.25) is 0 Å². The molecule has 0 fully saturated rings. The van der Waals surface area contributed by atoms with E-state index in [0.29, 0.717) is 5.56 Å². The van der Waals surface area contributed by atoms with Gasteiger partial charge in [-0.15, -0.1) is 0 Å². The van der Waals surface area contributed by atoms with Gasteiger partial charge in [-0.2, -0.15) is 0 Å². The summed E-state index contributed by atoms with van der Waals surface area (Å²) in [5.74, 6) is -0.167. The van der Waals surface area contributed by atoms with Crippen molar-refractivity contribution in [2.75, 3.05) is 18.8 Å². The first-order valence-corrected chi connectivity index (χ1v) is 4.63. The topological polar surface area (TPSA) is 123 Å². The van der Waals surface area contributed by atoms with E-state index in [4.69, 9.17) is 11.5 Å². The van der Waals surface area contributed by atoms with E-state index in [0.717, 1.165) is 0 Å². The normalized spacial score (nSPS) is 9.50. The summed E-state index contributed by atoms with van der Waals surface area (Å²) in [5.41, 5.74) is 10.7. The van der Waals surface area contributed by atoms with Crippen molar-refractivity contribution >= 4 is 17.8 Å². The van der Waals surface area contributed by atoms with Crippen LogP contribution in [0.25, 0.3) is 0 Å². The predicted molar refractivity (Wildman–Crippen MR) is 58.6 cm³/mol. The number of aromatic nitrogens is 1. The third kappa shape index (κ3) is 3.45. The van der Waals surface area contributed by atoms with Crippen molar-refractivity contribution in [3.63, 3.8) is 0 Å². The quantitative estimate of drug-likeness (QED) is 0.492. The summed E-state index contributed by atoms with van der Waals surface area (Å²) in [4.78, 5) is 25.7. The Bertz CT molecular complexity index is 393. The van der Waals surface area contributed by atoms with Crippen molar-refractivity contribution in [1.29, 1.82) is 0 Å². The molecule has 1 aromatic heterocycles. The number of amides is 3. The largest absolute Gasteiger partial charge is 0.383 e. The number of hydrogen-bond donors (Lipinski definition) is 4. The number of nitrogens with one attached hydrogen (secondary N) is 2. The van der Waals surface area contributed by atoms with E-state index in [1.54, 1.807) is 12.1 Å². The summed E-state index contributed by atoms with van der Waals surface area (Å²) in [6.45, 7) is 0.539. The van der Waals surface area contributed by atoms with Gasteiger partial charge in [0, 0.05) is 19.3 Å². The highest BCUT2D eigenvalue weighted by Gasteiger charge is 2.08. The first kappa shape index (κ1) is 11.8. The molecule has 7 nitrogen and oxygen atoms in total. The monoisotopic (exact) mass is 223 g/mol. The molecule has 1 rings (SSSR count). The van der Waals surface area contributed by atoms with E-state index in [2.05, 4.69) is 15.6 Å². The number of nitrogens with zero attached hydrogens (tertiary/aromatic N) is 1. The second kappa shape index (κ2) is 5.54. The maximum atomic E-state index is 11.5. The first-order chi connectivity index (χ1) is 7.61. The van der Waals surface area contributed by atoms with Crippen LogP contribution < -0.4 is 22.1 Å². The number of nitrogen functional groups attached to an aromatic ring is 1. The van der Waals surface area contributed by atoms with Crippen LogP contribution in [-0.4, -0.2) is 30.0 Å². The van der Waals surface area contributed by atoms with Gasteiger partial charge in [0.1, 0.15) is 5.82 Å². The van der Waals surface area contributed by atoms with Gasteiger partial charge in [0.15, 0.2) is 0 Å². The Labute approximate surface area is 92.2 Å². The van der Waals surface area contributed by atoms with Crippen molar-refractivity contribution in [2.24, 2.45) is 5.73 Å². The Morgan fingerprint density at radius 3 is 2.62 bits per heavy atom. The highest BCUT2D eigenvalue weighted by molar-refractivity contribution is 5.98. The Kier molecular flexibility index (Phi) is 4.07. The SMILES string of the molecule is NC(=O)NCCNC(=O)c1cccnc1N. The molecule has 0 saturated heterocycles. The smallest absolute Gasteiger partial charge is 0.312 e. The molecule has 6 N–H and O–H groups in total.